The minimum Gasteiger partial charge on any atom is -0.496 e. The molecule has 19 heteroatoms. The van der Waals surface area contributed by atoms with Crippen molar-refractivity contribution in [3.05, 3.63) is 42.4 Å². The third-order valence-electron chi connectivity index (χ3n) is 12.7. The molecule has 4 amide bonds. The molecule has 2 saturated carbocycles. The van der Waals surface area contributed by atoms with Crippen LogP contribution in [0.15, 0.2) is 36.5 Å². The van der Waals surface area contributed by atoms with E-state index in [0.29, 0.717) is 30.1 Å². The van der Waals surface area contributed by atoms with Crippen molar-refractivity contribution in [3.8, 4) is 11.6 Å². The van der Waals surface area contributed by atoms with Crippen LogP contribution in [0.1, 0.15) is 79.6 Å². The fourth-order valence-electron chi connectivity index (χ4n) is 8.42. The van der Waals surface area contributed by atoms with Crippen molar-refractivity contribution in [2.45, 2.75) is 119 Å². The Bertz CT molecular complexity index is 2150. The average Bonchev–Trinajstić information content (AvgIpc) is 4.05. The molecule has 2 aliphatic carbocycles. The van der Waals surface area contributed by atoms with Gasteiger partial charge in [0, 0.05) is 36.9 Å². The third-order valence-corrected chi connectivity index (χ3v) is 14.8. The Morgan fingerprint density at radius 2 is 1.83 bits per heavy atom. The number of hydrogen-bond acceptors (Lipinski definition) is 9. The SMILES string of the molecule is COc1cc(F)cc2c(O[C@@H]3C[C@H]4C(=O)N[C@]5(C(=O)NS(=O)(=O)C6(CF)CC6)C[C@H]5C=CCC[C@@H](C)C[C@@H](C)[C@H](N(C(=O)O)C(C)(C)C(C)(F)F)C(=O)N4C3)nccc12. The number of amides is 4. The quantitative estimate of drug-likeness (QED) is 0.208. The summed E-state index contributed by atoms with van der Waals surface area (Å²) in [6.45, 7) is 4.44. The van der Waals surface area contributed by atoms with Crippen LogP contribution in [-0.2, 0) is 24.4 Å². The van der Waals surface area contributed by atoms with E-state index in [1.54, 1.807) is 25.1 Å². The number of hydrogen-bond donors (Lipinski definition) is 3. The van der Waals surface area contributed by atoms with Crippen LogP contribution < -0.4 is 19.5 Å². The van der Waals surface area contributed by atoms with Crippen LogP contribution in [0, 0.1) is 23.6 Å². The number of sulfonamides is 1. The molecule has 0 bridgehead atoms. The molecule has 1 aromatic carbocycles. The van der Waals surface area contributed by atoms with E-state index in [0.717, 1.165) is 24.8 Å². The van der Waals surface area contributed by atoms with Gasteiger partial charge in [-0.3, -0.25) is 24.0 Å². The Kier molecular flexibility index (Phi) is 11.7. The number of allylic oxidation sites excluding steroid dienone is 1. The molecule has 324 valence electrons. The fraction of sp³-hybridized carbons (Fsp3) is 0.625. The lowest BCUT2D eigenvalue weighted by molar-refractivity contribution is -0.156. The first-order chi connectivity index (χ1) is 27.5. The number of nitrogens with zero attached hydrogens (tertiary/aromatic N) is 3. The second-order valence-electron chi connectivity index (χ2n) is 17.2. The van der Waals surface area contributed by atoms with Crippen LogP contribution in [0.2, 0.25) is 0 Å². The summed E-state index contributed by atoms with van der Waals surface area (Å²) < 4.78 is 97.5. The van der Waals surface area contributed by atoms with Gasteiger partial charge in [0.2, 0.25) is 27.7 Å². The molecular formula is C40H51F4N5O9S. The number of carbonyl (C=O) groups is 4. The molecule has 1 aromatic heterocycles. The zero-order valence-corrected chi connectivity index (χ0v) is 34.6. The zero-order valence-electron chi connectivity index (χ0n) is 33.8. The van der Waals surface area contributed by atoms with Gasteiger partial charge in [0.05, 0.1) is 19.0 Å². The van der Waals surface area contributed by atoms with E-state index in [4.69, 9.17) is 9.47 Å². The molecule has 4 aliphatic rings. The normalized spacial score (nSPS) is 28.7. The number of carboxylic acid groups (broad SMARTS) is 1. The lowest BCUT2D eigenvalue weighted by atomic mass is 9.84. The number of carbonyl (C=O) groups excluding carboxylic acids is 3. The van der Waals surface area contributed by atoms with E-state index in [-0.39, 0.29) is 55.0 Å². The molecule has 0 unspecified atom stereocenters. The van der Waals surface area contributed by atoms with Crippen LogP contribution >= 0.6 is 0 Å². The minimum absolute atomic E-state index is 0.00617. The maximum Gasteiger partial charge on any atom is 0.408 e. The Hall–Kier alpha value is -4.68. The first-order valence-electron chi connectivity index (χ1n) is 19.6. The predicted molar refractivity (Wildman–Crippen MR) is 206 cm³/mol. The number of aromatic nitrogens is 1. The predicted octanol–water partition coefficient (Wildman–Crippen LogP) is 5.35. The number of rotatable bonds is 10. The van der Waals surface area contributed by atoms with Crippen molar-refractivity contribution in [2.24, 2.45) is 17.8 Å². The summed E-state index contributed by atoms with van der Waals surface area (Å²) in [5.74, 6) is -8.95. The number of alkyl halides is 3. The van der Waals surface area contributed by atoms with E-state index >= 15 is 13.6 Å². The highest BCUT2D eigenvalue weighted by Crippen LogP contribution is 2.48. The summed E-state index contributed by atoms with van der Waals surface area (Å²) in [5.41, 5.74) is -4.26. The molecule has 3 fully saturated rings. The monoisotopic (exact) mass is 853 g/mol. The maximum atomic E-state index is 15.3. The van der Waals surface area contributed by atoms with Gasteiger partial charge in [-0.1, -0.05) is 26.0 Å². The molecule has 3 N–H and O–H groups in total. The van der Waals surface area contributed by atoms with E-state index in [1.165, 1.54) is 19.4 Å². The van der Waals surface area contributed by atoms with Gasteiger partial charge in [0.25, 0.3) is 11.8 Å². The maximum absolute atomic E-state index is 15.3. The standard InChI is InChI=1S/C40H51F4N5O9S/c1-22-9-7-8-10-24-19-40(24,35(52)47-59(55,56)39(21-41)12-13-39)46-32(50)29-18-26(58-33-28-16-25(42)17-30(57-6)27(28)11-14-45-33)20-48(29)34(51)31(23(2)15-22)49(36(53)54)37(3,4)38(5,43)44/h8,10-11,14,16-17,22-24,26,29,31H,7,9,12-13,15,18-21H2,1-6H3,(H,46,50)(H,47,52)(H,53,54)/t22-,23-,24-,26-,29+,31+,40-/m1/s1. The van der Waals surface area contributed by atoms with Crippen LogP contribution in [-0.4, -0.2) is 112 Å². The van der Waals surface area contributed by atoms with Crippen LogP contribution in [0.3, 0.4) is 0 Å². The highest BCUT2D eigenvalue weighted by Gasteiger charge is 2.64. The smallest absolute Gasteiger partial charge is 0.408 e. The summed E-state index contributed by atoms with van der Waals surface area (Å²) in [6.07, 6.45) is 2.85. The van der Waals surface area contributed by atoms with Crippen molar-refractivity contribution >= 4 is 44.6 Å². The number of benzene rings is 1. The van der Waals surface area contributed by atoms with Gasteiger partial charge < -0.3 is 24.8 Å². The number of nitrogens with one attached hydrogen (secondary N) is 2. The van der Waals surface area contributed by atoms with Gasteiger partial charge in [0.15, 0.2) is 0 Å². The number of methoxy groups -OCH3 is 1. The van der Waals surface area contributed by atoms with Gasteiger partial charge in [-0.05, 0) is 76.3 Å². The summed E-state index contributed by atoms with van der Waals surface area (Å²) in [4.78, 5) is 62.4. The molecule has 2 aliphatic heterocycles. The topological polar surface area (TPSA) is 185 Å². The molecule has 14 nitrogen and oxygen atoms in total. The zero-order chi connectivity index (χ0) is 43.5. The molecule has 0 radical (unpaired) electrons. The number of fused-ring (bicyclic) bond motifs is 3. The highest BCUT2D eigenvalue weighted by molar-refractivity contribution is 7.91. The van der Waals surface area contributed by atoms with Gasteiger partial charge >= 0.3 is 6.09 Å². The molecule has 59 heavy (non-hydrogen) atoms. The Labute approximate surface area is 340 Å². The summed E-state index contributed by atoms with van der Waals surface area (Å²) in [7, 11) is -3.15. The largest absolute Gasteiger partial charge is 0.496 e. The summed E-state index contributed by atoms with van der Waals surface area (Å²) in [5, 5.41) is 13.9. The number of pyridine rings is 1. The van der Waals surface area contributed by atoms with Crippen LogP contribution in [0.5, 0.6) is 11.6 Å². The van der Waals surface area contributed by atoms with E-state index < -0.39 is 105 Å². The Morgan fingerprint density at radius 1 is 1.14 bits per heavy atom. The Morgan fingerprint density at radius 3 is 2.44 bits per heavy atom. The summed E-state index contributed by atoms with van der Waals surface area (Å²) >= 11 is 0. The first-order valence-corrected chi connectivity index (χ1v) is 21.1. The van der Waals surface area contributed by atoms with Gasteiger partial charge in [0.1, 0.15) is 52.3 Å². The van der Waals surface area contributed by atoms with E-state index in [9.17, 15) is 36.7 Å². The second kappa shape index (κ2) is 15.7. The van der Waals surface area contributed by atoms with Crippen molar-refractivity contribution in [2.75, 3.05) is 20.3 Å². The second-order valence-corrected chi connectivity index (χ2v) is 19.3. The van der Waals surface area contributed by atoms with Gasteiger partial charge in [-0.25, -0.2) is 35.8 Å². The van der Waals surface area contributed by atoms with Crippen molar-refractivity contribution in [1.29, 1.82) is 0 Å². The van der Waals surface area contributed by atoms with E-state index in [2.05, 4.69) is 10.3 Å². The molecule has 1 saturated heterocycles. The molecule has 6 rings (SSSR count). The highest BCUT2D eigenvalue weighted by atomic mass is 32.2. The molecule has 0 spiro atoms. The van der Waals surface area contributed by atoms with Crippen molar-refractivity contribution < 1.29 is 59.7 Å². The fourth-order valence-corrected chi connectivity index (χ4v) is 9.85. The minimum atomic E-state index is -4.50. The van der Waals surface area contributed by atoms with Crippen molar-refractivity contribution in [3.63, 3.8) is 0 Å². The summed E-state index contributed by atoms with van der Waals surface area (Å²) in [6, 6.07) is 0.636. The average molecular weight is 854 g/mol. The van der Waals surface area contributed by atoms with Crippen LogP contribution in [0.25, 0.3) is 10.8 Å². The number of halogens is 4. The van der Waals surface area contributed by atoms with Crippen LogP contribution in [0.4, 0.5) is 22.4 Å². The first kappa shape index (κ1) is 43.9. The molecule has 3 heterocycles. The number of ether oxygens (including phenoxy) is 2. The Balaban J connectivity index is 1.43. The van der Waals surface area contributed by atoms with E-state index in [1.807, 2.05) is 11.6 Å². The lowest BCUT2D eigenvalue weighted by Gasteiger charge is -2.47. The van der Waals surface area contributed by atoms with Crippen molar-refractivity contribution in [1.82, 2.24) is 24.8 Å². The molecule has 2 aromatic rings. The molecular weight excluding hydrogens is 803 g/mol. The molecule has 7 atom stereocenters. The van der Waals surface area contributed by atoms with Gasteiger partial charge in [-0.2, -0.15) is 0 Å². The lowest BCUT2D eigenvalue weighted by Crippen LogP contribution is -2.66. The third kappa shape index (κ3) is 8.14. The van der Waals surface area contributed by atoms with Gasteiger partial charge in [-0.15, -0.1) is 0 Å².